The van der Waals surface area contributed by atoms with Gasteiger partial charge >= 0.3 is 12.2 Å². The van der Waals surface area contributed by atoms with E-state index in [0.29, 0.717) is 9.26 Å². The van der Waals surface area contributed by atoms with Crippen molar-refractivity contribution in [3.63, 3.8) is 0 Å². The molecule has 10 heteroatoms. The van der Waals surface area contributed by atoms with Gasteiger partial charge in [-0.2, -0.15) is 0 Å². The summed E-state index contributed by atoms with van der Waals surface area (Å²) in [6.07, 6.45) is -1.38. The SMILES string of the molecule is O=C1O[C@@H](CN(C(=O)O)c2ccon2)CN1c1ccc(I)c(F)c1. The molecule has 1 N–H and O–H groups in total. The largest absolute Gasteiger partial charge is 0.465 e. The predicted molar refractivity (Wildman–Crippen MR) is 88.6 cm³/mol. The normalized spacial score (nSPS) is 17.0. The molecule has 0 radical (unpaired) electrons. The highest BCUT2D eigenvalue weighted by atomic mass is 127. The molecule has 2 heterocycles. The highest BCUT2D eigenvalue weighted by Gasteiger charge is 2.35. The molecule has 0 saturated carbocycles. The Balaban J connectivity index is 1.74. The minimum atomic E-state index is -1.25. The van der Waals surface area contributed by atoms with Gasteiger partial charge in [-0.15, -0.1) is 0 Å². The van der Waals surface area contributed by atoms with Crippen molar-refractivity contribution in [2.45, 2.75) is 6.10 Å². The Hall–Kier alpha value is -2.37. The van der Waals surface area contributed by atoms with Gasteiger partial charge in [0.2, 0.25) is 0 Å². The molecular formula is C14H11FIN3O5. The monoisotopic (exact) mass is 447 g/mol. The Kier molecular flexibility index (Phi) is 4.55. The van der Waals surface area contributed by atoms with E-state index in [1.807, 2.05) is 22.6 Å². The van der Waals surface area contributed by atoms with E-state index in [1.165, 1.54) is 23.3 Å². The van der Waals surface area contributed by atoms with Gasteiger partial charge in [-0.05, 0) is 40.8 Å². The van der Waals surface area contributed by atoms with Crippen molar-refractivity contribution in [3.05, 3.63) is 39.9 Å². The Labute approximate surface area is 148 Å². The molecule has 1 fully saturated rings. The molecule has 24 heavy (non-hydrogen) atoms. The second-order valence-corrected chi connectivity index (χ2v) is 6.13. The summed E-state index contributed by atoms with van der Waals surface area (Å²) in [4.78, 5) is 25.5. The number of carbonyl (C=O) groups excluding carboxylic acids is 1. The summed E-state index contributed by atoms with van der Waals surface area (Å²) in [7, 11) is 0. The molecule has 0 aliphatic carbocycles. The van der Waals surface area contributed by atoms with E-state index < -0.39 is 24.1 Å². The smallest absolute Gasteiger partial charge is 0.414 e. The highest BCUT2D eigenvalue weighted by molar-refractivity contribution is 14.1. The summed E-state index contributed by atoms with van der Waals surface area (Å²) in [5.74, 6) is -0.351. The Bertz CT molecular complexity index is 770. The number of ether oxygens (including phenoxy) is 1. The molecular weight excluding hydrogens is 436 g/mol. The van der Waals surface area contributed by atoms with Crippen molar-refractivity contribution in [1.82, 2.24) is 5.16 Å². The maximum Gasteiger partial charge on any atom is 0.414 e. The zero-order valence-electron chi connectivity index (χ0n) is 12.1. The molecule has 1 aromatic heterocycles. The van der Waals surface area contributed by atoms with Gasteiger partial charge in [0.15, 0.2) is 5.82 Å². The quantitative estimate of drug-likeness (QED) is 0.725. The molecule has 8 nitrogen and oxygen atoms in total. The van der Waals surface area contributed by atoms with Gasteiger partial charge in [-0.3, -0.25) is 9.80 Å². The predicted octanol–water partition coefficient (Wildman–Crippen LogP) is 2.93. The summed E-state index contributed by atoms with van der Waals surface area (Å²) in [5.41, 5.74) is 0.351. The lowest BCUT2D eigenvalue weighted by molar-refractivity contribution is 0.141. The van der Waals surface area contributed by atoms with Crippen LogP contribution in [0.4, 0.5) is 25.5 Å². The number of halogens is 2. The molecule has 0 bridgehead atoms. The zero-order chi connectivity index (χ0) is 17.3. The number of nitrogens with zero attached hydrogens (tertiary/aromatic N) is 3. The summed E-state index contributed by atoms with van der Waals surface area (Å²) in [6.45, 7) is -0.0164. The van der Waals surface area contributed by atoms with Crippen molar-refractivity contribution >= 4 is 46.3 Å². The van der Waals surface area contributed by atoms with E-state index in [2.05, 4.69) is 9.68 Å². The fourth-order valence-electron chi connectivity index (χ4n) is 2.30. The maximum absolute atomic E-state index is 13.7. The molecule has 1 atom stereocenters. The fraction of sp³-hybridized carbons (Fsp3) is 0.214. The molecule has 1 aliphatic heterocycles. The van der Waals surface area contributed by atoms with Crippen molar-refractivity contribution < 1.29 is 28.3 Å². The first kappa shape index (κ1) is 16.5. The molecule has 1 saturated heterocycles. The van der Waals surface area contributed by atoms with Gasteiger partial charge in [-0.1, -0.05) is 5.16 Å². The van der Waals surface area contributed by atoms with E-state index in [-0.39, 0.29) is 18.9 Å². The Morgan fingerprint density at radius 3 is 2.92 bits per heavy atom. The van der Waals surface area contributed by atoms with E-state index in [4.69, 9.17) is 4.74 Å². The van der Waals surface area contributed by atoms with Crippen LogP contribution >= 0.6 is 22.6 Å². The van der Waals surface area contributed by atoms with Gasteiger partial charge in [0.25, 0.3) is 0 Å². The number of benzene rings is 1. The average molecular weight is 447 g/mol. The lowest BCUT2D eigenvalue weighted by atomic mass is 10.2. The molecule has 126 valence electrons. The minimum Gasteiger partial charge on any atom is -0.465 e. The third-order valence-electron chi connectivity index (χ3n) is 3.41. The van der Waals surface area contributed by atoms with E-state index in [9.17, 15) is 19.1 Å². The first-order chi connectivity index (χ1) is 11.5. The number of hydrogen-bond acceptors (Lipinski definition) is 5. The number of carboxylic acid groups (broad SMARTS) is 1. The third-order valence-corrected chi connectivity index (χ3v) is 4.28. The minimum absolute atomic E-state index is 0.0947. The van der Waals surface area contributed by atoms with Crippen LogP contribution in [0.5, 0.6) is 0 Å². The van der Waals surface area contributed by atoms with Gasteiger partial charge in [0, 0.05) is 9.64 Å². The Morgan fingerprint density at radius 1 is 1.50 bits per heavy atom. The molecule has 1 aromatic carbocycles. The standard InChI is InChI=1S/C14H11FIN3O5/c15-10-5-8(1-2-11(10)16)18-6-9(24-14(18)22)7-19(13(20)21)12-3-4-23-17-12/h1-5,9H,6-7H2,(H,20,21)/t9-/m1/s1. The first-order valence-corrected chi connectivity index (χ1v) is 7.87. The molecule has 2 amide bonds. The zero-order valence-corrected chi connectivity index (χ0v) is 14.2. The van der Waals surface area contributed by atoms with E-state index in [0.717, 1.165) is 4.90 Å². The summed E-state index contributed by atoms with van der Waals surface area (Å²) >= 11 is 1.85. The van der Waals surface area contributed by atoms with Crippen LogP contribution in [0, 0.1) is 9.39 Å². The van der Waals surface area contributed by atoms with Gasteiger partial charge in [0.1, 0.15) is 18.2 Å². The van der Waals surface area contributed by atoms with Crippen LogP contribution in [0.1, 0.15) is 0 Å². The van der Waals surface area contributed by atoms with Crippen molar-refractivity contribution in [3.8, 4) is 0 Å². The van der Waals surface area contributed by atoms with Crippen LogP contribution in [0.15, 0.2) is 35.1 Å². The summed E-state index contributed by atoms with van der Waals surface area (Å²) < 4.78 is 23.9. The van der Waals surface area contributed by atoms with Crippen LogP contribution in [0.25, 0.3) is 0 Å². The van der Waals surface area contributed by atoms with Crippen molar-refractivity contribution in [2.24, 2.45) is 0 Å². The maximum atomic E-state index is 13.7. The molecule has 1 aliphatic rings. The number of aromatic nitrogens is 1. The van der Waals surface area contributed by atoms with Crippen LogP contribution in [0.3, 0.4) is 0 Å². The molecule has 0 unspecified atom stereocenters. The van der Waals surface area contributed by atoms with E-state index >= 15 is 0 Å². The van der Waals surface area contributed by atoms with Crippen LogP contribution in [-0.2, 0) is 4.74 Å². The van der Waals surface area contributed by atoms with Crippen LogP contribution < -0.4 is 9.80 Å². The molecule has 0 spiro atoms. The van der Waals surface area contributed by atoms with Gasteiger partial charge in [-0.25, -0.2) is 14.0 Å². The lowest BCUT2D eigenvalue weighted by Gasteiger charge is -2.18. The number of cyclic esters (lactones) is 1. The van der Waals surface area contributed by atoms with Gasteiger partial charge in [0.05, 0.1) is 18.8 Å². The van der Waals surface area contributed by atoms with Gasteiger partial charge < -0.3 is 14.4 Å². The second-order valence-electron chi connectivity index (χ2n) is 4.97. The first-order valence-electron chi connectivity index (χ1n) is 6.79. The number of amides is 2. The Morgan fingerprint density at radius 2 is 2.29 bits per heavy atom. The third kappa shape index (κ3) is 3.27. The topological polar surface area (TPSA) is 96.1 Å². The molecule has 2 aromatic rings. The number of rotatable bonds is 4. The fourth-order valence-corrected chi connectivity index (χ4v) is 2.63. The van der Waals surface area contributed by atoms with Crippen molar-refractivity contribution in [1.29, 1.82) is 0 Å². The molecule has 3 rings (SSSR count). The van der Waals surface area contributed by atoms with Crippen LogP contribution in [0.2, 0.25) is 0 Å². The average Bonchev–Trinajstić information content (AvgIpc) is 3.17. The van der Waals surface area contributed by atoms with Crippen LogP contribution in [-0.4, -0.2) is 41.6 Å². The van der Waals surface area contributed by atoms with Crippen molar-refractivity contribution in [2.75, 3.05) is 22.9 Å². The van der Waals surface area contributed by atoms with E-state index in [1.54, 1.807) is 12.1 Å². The second kappa shape index (κ2) is 6.63. The lowest BCUT2D eigenvalue weighted by Crippen LogP contribution is -2.38. The number of anilines is 2. The number of carbonyl (C=O) groups is 2. The summed E-state index contributed by atoms with van der Waals surface area (Å²) in [6, 6.07) is 5.76. The summed E-state index contributed by atoms with van der Waals surface area (Å²) in [5, 5.41) is 12.8. The highest BCUT2D eigenvalue weighted by Crippen LogP contribution is 2.25. The number of hydrogen-bond donors (Lipinski definition) is 1.